The van der Waals surface area contributed by atoms with Crippen LogP contribution >= 0.6 is 28.3 Å². The molecular formula is C26H25BrClNO. The van der Waals surface area contributed by atoms with E-state index in [1.54, 1.807) is 0 Å². The summed E-state index contributed by atoms with van der Waals surface area (Å²) < 4.78 is 1.01. The number of benzene rings is 3. The van der Waals surface area contributed by atoms with E-state index in [4.69, 9.17) is 0 Å². The number of halogens is 2. The van der Waals surface area contributed by atoms with Crippen molar-refractivity contribution >= 4 is 45.8 Å². The zero-order chi connectivity index (χ0) is 20.6. The number of Topliss-reactive ketones (excluding diaryl/α,β-unsaturated/α-hetero) is 1. The smallest absolute Gasteiger partial charge is 0.190 e. The van der Waals surface area contributed by atoms with Gasteiger partial charge in [0.05, 0.1) is 0 Å². The molecule has 0 aromatic heterocycles. The van der Waals surface area contributed by atoms with Crippen LogP contribution in [0.25, 0.3) is 11.6 Å². The van der Waals surface area contributed by atoms with Crippen molar-refractivity contribution in [2.24, 2.45) is 0 Å². The molecule has 3 aromatic rings. The van der Waals surface area contributed by atoms with Crippen molar-refractivity contribution in [2.45, 2.75) is 6.54 Å². The Kier molecular flexibility index (Phi) is 9.25. The van der Waals surface area contributed by atoms with Gasteiger partial charge in [0.25, 0.3) is 0 Å². The van der Waals surface area contributed by atoms with Crippen LogP contribution in [0, 0.1) is 0 Å². The van der Waals surface area contributed by atoms with Crippen LogP contribution in [0.15, 0.2) is 102 Å². The predicted molar refractivity (Wildman–Crippen MR) is 133 cm³/mol. The molecule has 4 heteroatoms. The molecule has 0 spiro atoms. The molecule has 0 radical (unpaired) electrons. The minimum atomic E-state index is -0.0287. The monoisotopic (exact) mass is 481 g/mol. The van der Waals surface area contributed by atoms with Gasteiger partial charge in [0.15, 0.2) is 5.78 Å². The summed E-state index contributed by atoms with van der Waals surface area (Å²) in [6.07, 6.45) is 1.94. The van der Waals surface area contributed by atoms with Crippen LogP contribution in [0.5, 0.6) is 0 Å². The summed E-state index contributed by atoms with van der Waals surface area (Å²) in [5.74, 6) is -0.0287. The molecule has 0 unspecified atom stereocenters. The maximum Gasteiger partial charge on any atom is 0.190 e. The Morgan fingerprint density at radius 1 is 0.933 bits per heavy atom. The fourth-order valence-electron chi connectivity index (χ4n) is 3.16. The van der Waals surface area contributed by atoms with Crippen molar-refractivity contribution in [2.75, 3.05) is 13.6 Å². The van der Waals surface area contributed by atoms with E-state index in [1.807, 2.05) is 85.9 Å². The van der Waals surface area contributed by atoms with E-state index in [9.17, 15) is 4.79 Å². The Morgan fingerprint density at radius 3 is 2.10 bits per heavy atom. The molecule has 154 valence electrons. The average molecular weight is 483 g/mol. The molecule has 3 aromatic carbocycles. The van der Waals surface area contributed by atoms with Crippen LogP contribution in [0.4, 0.5) is 0 Å². The minimum Gasteiger partial charge on any atom is -0.298 e. The zero-order valence-corrected chi connectivity index (χ0v) is 19.3. The molecule has 2 nitrogen and oxygen atoms in total. The van der Waals surface area contributed by atoms with Crippen molar-refractivity contribution in [1.82, 2.24) is 4.90 Å². The highest BCUT2D eigenvalue weighted by molar-refractivity contribution is 9.10. The zero-order valence-electron chi connectivity index (χ0n) is 16.9. The van der Waals surface area contributed by atoms with Gasteiger partial charge in [-0.15, -0.1) is 12.4 Å². The average Bonchev–Trinajstić information content (AvgIpc) is 2.74. The van der Waals surface area contributed by atoms with E-state index in [2.05, 4.69) is 39.5 Å². The van der Waals surface area contributed by atoms with E-state index in [-0.39, 0.29) is 18.2 Å². The molecule has 0 saturated heterocycles. The molecule has 0 fully saturated rings. The van der Waals surface area contributed by atoms with Gasteiger partial charge in [0, 0.05) is 28.7 Å². The van der Waals surface area contributed by atoms with Crippen LogP contribution in [-0.2, 0) is 11.3 Å². The number of carbonyl (C=O) groups is 1. The van der Waals surface area contributed by atoms with Gasteiger partial charge in [0.1, 0.15) is 0 Å². The van der Waals surface area contributed by atoms with Crippen molar-refractivity contribution in [3.05, 3.63) is 118 Å². The summed E-state index contributed by atoms with van der Waals surface area (Å²) >= 11 is 3.46. The third kappa shape index (κ3) is 6.81. The Bertz CT molecular complexity index is 998. The molecule has 0 heterocycles. The molecule has 3 rings (SSSR count). The Labute approximate surface area is 193 Å². The lowest BCUT2D eigenvalue weighted by atomic mass is 9.95. The van der Waals surface area contributed by atoms with Crippen molar-refractivity contribution < 1.29 is 4.79 Å². The van der Waals surface area contributed by atoms with Gasteiger partial charge >= 0.3 is 0 Å². The number of carbonyl (C=O) groups excluding carboxylic acids is 1. The maximum atomic E-state index is 13.3. The van der Waals surface area contributed by atoms with E-state index in [0.29, 0.717) is 17.7 Å². The van der Waals surface area contributed by atoms with Gasteiger partial charge in [-0.2, -0.15) is 0 Å². The molecule has 0 aliphatic carbocycles. The molecule has 0 saturated carbocycles. The summed E-state index contributed by atoms with van der Waals surface area (Å²) in [4.78, 5) is 15.4. The standard InChI is InChI=1S/C26H24BrNO.ClH/c1-20(18-28(2)19-22-9-5-3-6-10-22)26(29)25(23-11-7-4-8-12-23)17-21-13-15-24(27)16-14-21;/h3-17H,1,18-19H2,2H3;1H/b25-17+;. The highest BCUT2D eigenvalue weighted by Crippen LogP contribution is 2.23. The summed E-state index contributed by atoms with van der Waals surface area (Å²) in [5.41, 5.74) is 4.32. The number of ketones is 1. The molecule has 0 aliphatic heterocycles. The topological polar surface area (TPSA) is 20.3 Å². The molecule has 0 aliphatic rings. The second-order valence-corrected chi connectivity index (χ2v) is 7.98. The highest BCUT2D eigenvalue weighted by Gasteiger charge is 2.17. The molecule has 0 amide bonds. The Hall–Kier alpha value is -2.46. The fraction of sp³-hybridized carbons (Fsp3) is 0.115. The number of nitrogens with zero attached hydrogens (tertiary/aromatic N) is 1. The fourth-order valence-corrected chi connectivity index (χ4v) is 3.43. The van der Waals surface area contributed by atoms with Gasteiger partial charge < -0.3 is 0 Å². The van der Waals surface area contributed by atoms with Gasteiger partial charge in [-0.3, -0.25) is 9.69 Å². The van der Waals surface area contributed by atoms with Crippen LogP contribution in [0.3, 0.4) is 0 Å². The lowest BCUT2D eigenvalue weighted by molar-refractivity contribution is -0.110. The van der Waals surface area contributed by atoms with Gasteiger partial charge in [-0.25, -0.2) is 0 Å². The third-order valence-electron chi connectivity index (χ3n) is 4.59. The third-order valence-corrected chi connectivity index (χ3v) is 5.12. The first kappa shape index (κ1) is 23.8. The number of hydrogen-bond acceptors (Lipinski definition) is 2. The van der Waals surface area contributed by atoms with E-state index in [1.165, 1.54) is 5.56 Å². The number of likely N-dealkylation sites (N-methyl/N-ethyl adjacent to an activating group) is 1. The van der Waals surface area contributed by atoms with E-state index < -0.39 is 0 Å². The lowest BCUT2D eigenvalue weighted by Gasteiger charge is -2.18. The van der Waals surface area contributed by atoms with Crippen molar-refractivity contribution in [1.29, 1.82) is 0 Å². The molecule has 30 heavy (non-hydrogen) atoms. The number of hydrogen-bond donors (Lipinski definition) is 0. The summed E-state index contributed by atoms with van der Waals surface area (Å²) in [6.45, 7) is 5.38. The lowest BCUT2D eigenvalue weighted by Crippen LogP contribution is -2.23. The van der Waals surface area contributed by atoms with Crippen LogP contribution in [0.2, 0.25) is 0 Å². The summed E-state index contributed by atoms with van der Waals surface area (Å²) in [5, 5.41) is 0. The first-order valence-electron chi connectivity index (χ1n) is 9.50. The largest absolute Gasteiger partial charge is 0.298 e. The summed E-state index contributed by atoms with van der Waals surface area (Å²) in [7, 11) is 2.01. The second kappa shape index (κ2) is 11.7. The van der Waals surface area contributed by atoms with Gasteiger partial charge in [-0.05, 0) is 41.9 Å². The van der Waals surface area contributed by atoms with Crippen LogP contribution in [-0.4, -0.2) is 24.3 Å². The van der Waals surface area contributed by atoms with Crippen molar-refractivity contribution in [3.63, 3.8) is 0 Å². The minimum absolute atomic E-state index is 0. The van der Waals surface area contributed by atoms with Crippen LogP contribution < -0.4 is 0 Å². The number of allylic oxidation sites excluding steroid dienone is 1. The predicted octanol–water partition coefficient (Wildman–Crippen LogP) is 6.67. The Morgan fingerprint density at radius 2 is 1.50 bits per heavy atom. The van der Waals surface area contributed by atoms with Gasteiger partial charge in [0.2, 0.25) is 0 Å². The number of rotatable bonds is 8. The molecule has 0 bridgehead atoms. The molecular weight excluding hydrogens is 458 g/mol. The van der Waals surface area contributed by atoms with Gasteiger partial charge in [-0.1, -0.05) is 95.3 Å². The molecule has 0 N–H and O–H groups in total. The first-order valence-corrected chi connectivity index (χ1v) is 10.3. The first-order chi connectivity index (χ1) is 14.0. The SMILES string of the molecule is C=C(CN(C)Cc1ccccc1)C(=O)/C(=C/c1ccc(Br)cc1)c1ccccc1.Cl. The maximum absolute atomic E-state index is 13.3. The van der Waals surface area contributed by atoms with E-state index in [0.717, 1.165) is 22.1 Å². The van der Waals surface area contributed by atoms with Crippen LogP contribution in [0.1, 0.15) is 16.7 Å². The second-order valence-electron chi connectivity index (χ2n) is 7.07. The Balaban J connectivity index is 0.00000320. The molecule has 0 atom stereocenters. The normalized spacial score (nSPS) is 11.1. The van der Waals surface area contributed by atoms with E-state index >= 15 is 0 Å². The highest BCUT2D eigenvalue weighted by atomic mass is 79.9. The summed E-state index contributed by atoms with van der Waals surface area (Å²) in [6, 6.07) is 27.9. The van der Waals surface area contributed by atoms with Crippen molar-refractivity contribution in [3.8, 4) is 0 Å². The quantitative estimate of drug-likeness (QED) is 0.264.